The molecule has 0 fully saturated rings. The summed E-state index contributed by atoms with van der Waals surface area (Å²) in [7, 11) is 1.81. The van der Waals surface area contributed by atoms with Gasteiger partial charge in [-0.25, -0.2) is 0 Å². The van der Waals surface area contributed by atoms with Crippen LogP contribution in [0.2, 0.25) is 0 Å². The molecule has 0 spiro atoms. The van der Waals surface area contributed by atoms with Crippen LogP contribution in [0.25, 0.3) is 0 Å². The Kier molecular flexibility index (Phi) is 4.55. The number of carbonyl (C=O) groups excluding carboxylic acids is 1. The van der Waals surface area contributed by atoms with Gasteiger partial charge in [-0.05, 0) is 32.9 Å². The van der Waals surface area contributed by atoms with E-state index in [0.29, 0.717) is 6.54 Å². The molecule has 0 radical (unpaired) electrons. The van der Waals surface area contributed by atoms with Crippen LogP contribution in [0.3, 0.4) is 0 Å². The van der Waals surface area contributed by atoms with Crippen LogP contribution in [0.15, 0.2) is 22.8 Å². The largest absolute Gasteiger partial charge is 0.468 e. The quantitative estimate of drug-likeness (QED) is 0.829. The first-order valence-corrected chi connectivity index (χ1v) is 5.54. The number of amides is 1. The van der Waals surface area contributed by atoms with Gasteiger partial charge in [0.05, 0.1) is 18.8 Å². The Bertz CT molecular complexity index is 320. The van der Waals surface area contributed by atoms with Crippen molar-refractivity contribution in [2.24, 2.45) is 0 Å². The van der Waals surface area contributed by atoms with Gasteiger partial charge in [-0.15, -0.1) is 0 Å². The van der Waals surface area contributed by atoms with Gasteiger partial charge < -0.3 is 9.32 Å². The predicted octanol–water partition coefficient (Wildman–Crippen LogP) is 1.80. The molecular weight excluding hydrogens is 204 g/mol. The molecule has 1 atom stereocenters. The number of hydrogen-bond acceptors (Lipinski definition) is 3. The summed E-state index contributed by atoms with van der Waals surface area (Å²) in [5, 5.41) is 3.14. The molecule has 0 aliphatic heterocycles. The molecule has 1 aromatic heterocycles. The van der Waals surface area contributed by atoms with Crippen molar-refractivity contribution in [3.05, 3.63) is 24.2 Å². The highest BCUT2D eigenvalue weighted by Crippen LogP contribution is 2.11. The fraction of sp³-hybridized carbons (Fsp3) is 0.583. The molecule has 1 amide bonds. The maximum absolute atomic E-state index is 11.7. The Morgan fingerprint density at radius 3 is 2.69 bits per heavy atom. The zero-order valence-corrected chi connectivity index (χ0v) is 10.4. The Labute approximate surface area is 96.6 Å². The molecule has 4 heteroatoms. The zero-order chi connectivity index (χ0) is 12.1. The number of carbonyl (C=O) groups is 1. The fourth-order valence-corrected chi connectivity index (χ4v) is 1.29. The van der Waals surface area contributed by atoms with Crippen molar-refractivity contribution in [2.75, 3.05) is 13.6 Å². The van der Waals surface area contributed by atoms with E-state index in [-0.39, 0.29) is 18.0 Å². The average Bonchev–Trinajstić information content (AvgIpc) is 2.77. The fourth-order valence-electron chi connectivity index (χ4n) is 1.29. The monoisotopic (exact) mass is 224 g/mol. The number of furan rings is 1. The highest BCUT2D eigenvalue weighted by molar-refractivity contribution is 5.78. The lowest BCUT2D eigenvalue weighted by atomic mass is 10.2. The number of rotatable bonds is 5. The predicted molar refractivity (Wildman–Crippen MR) is 63.0 cm³/mol. The van der Waals surface area contributed by atoms with Crippen LogP contribution in [-0.2, 0) is 4.79 Å². The summed E-state index contributed by atoms with van der Waals surface area (Å²) in [6, 6.07) is 4.02. The van der Waals surface area contributed by atoms with Crippen molar-refractivity contribution >= 4 is 5.91 Å². The van der Waals surface area contributed by atoms with E-state index in [9.17, 15) is 4.79 Å². The van der Waals surface area contributed by atoms with E-state index in [1.165, 1.54) is 0 Å². The third-order valence-corrected chi connectivity index (χ3v) is 2.70. The van der Waals surface area contributed by atoms with Crippen molar-refractivity contribution in [2.45, 2.75) is 32.9 Å². The van der Waals surface area contributed by atoms with Gasteiger partial charge in [0.1, 0.15) is 5.76 Å². The van der Waals surface area contributed by atoms with E-state index < -0.39 is 0 Å². The van der Waals surface area contributed by atoms with Crippen LogP contribution in [0.4, 0.5) is 0 Å². The van der Waals surface area contributed by atoms with Gasteiger partial charge in [-0.3, -0.25) is 10.1 Å². The Morgan fingerprint density at radius 1 is 1.50 bits per heavy atom. The molecule has 90 valence electrons. The molecule has 0 aliphatic carbocycles. The molecule has 1 rings (SSSR count). The molecule has 0 saturated heterocycles. The summed E-state index contributed by atoms with van der Waals surface area (Å²) in [5.74, 6) is 0.938. The van der Waals surface area contributed by atoms with E-state index in [0.717, 1.165) is 5.76 Å². The lowest BCUT2D eigenvalue weighted by Crippen LogP contribution is -2.40. The van der Waals surface area contributed by atoms with Crippen molar-refractivity contribution in [3.63, 3.8) is 0 Å². The minimum absolute atomic E-state index is 0.0551. The lowest BCUT2D eigenvalue weighted by Gasteiger charge is -2.22. The maximum Gasteiger partial charge on any atom is 0.236 e. The van der Waals surface area contributed by atoms with Crippen molar-refractivity contribution in [1.29, 1.82) is 0 Å². The molecule has 0 aliphatic rings. The Hall–Kier alpha value is -1.29. The topological polar surface area (TPSA) is 45.5 Å². The van der Waals surface area contributed by atoms with Crippen LogP contribution in [-0.4, -0.2) is 30.4 Å². The highest BCUT2D eigenvalue weighted by Gasteiger charge is 2.14. The van der Waals surface area contributed by atoms with Crippen LogP contribution < -0.4 is 5.32 Å². The molecule has 1 aromatic rings. The summed E-state index contributed by atoms with van der Waals surface area (Å²) >= 11 is 0. The van der Waals surface area contributed by atoms with Crippen molar-refractivity contribution in [3.8, 4) is 0 Å². The minimum atomic E-state index is 0.0551. The van der Waals surface area contributed by atoms with E-state index in [1.807, 2.05) is 40.0 Å². The van der Waals surface area contributed by atoms with Crippen LogP contribution in [0.5, 0.6) is 0 Å². The summed E-state index contributed by atoms with van der Waals surface area (Å²) in [6.07, 6.45) is 1.63. The maximum atomic E-state index is 11.7. The van der Waals surface area contributed by atoms with E-state index >= 15 is 0 Å². The van der Waals surface area contributed by atoms with Gasteiger partial charge in [0.2, 0.25) is 5.91 Å². The summed E-state index contributed by atoms with van der Waals surface area (Å²) in [5.41, 5.74) is 0. The average molecular weight is 224 g/mol. The van der Waals surface area contributed by atoms with Crippen molar-refractivity contribution in [1.82, 2.24) is 10.2 Å². The Morgan fingerprint density at radius 2 is 2.19 bits per heavy atom. The number of nitrogens with zero attached hydrogens (tertiary/aromatic N) is 1. The molecule has 0 aromatic carbocycles. The second kappa shape index (κ2) is 5.70. The molecule has 1 heterocycles. The second-order valence-electron chi connectivity index (χ2n) is 4.22. The van der Waals surface area contributed by atoms with Gasteiger partial charge in [0, 0.05) is 13.1 Å². The SMILES string of the molecule is CC(C)N(C)C(=O)CN[C@@H](C)c1ccco1. The first-order chi connectivity index (χ1) is 7.52. The summed E-state index contributed by atoms with van der Waals surface area (Å²) in [6.45, 7) is 6.29. The summed E-state index contributed by atoms with van der Waals surface area (Å²) < 4.78 is 5.25. The summed E-state index contributed by atoms with van der Waals surface area (Å²) in [4.78, 5) is 13.4. The Balaban J connectivity index is 2.37. The third kappa shape index (κ3) is 3.38. The minimum Gasteiger partial charge on any atom is -0.468 e. The third-order valence-electron chi connectivity index (χ3n) is 2.70. The zero-order valence-electron chi connectivity index (χ0n) is 10.4. The smallest absolute Gasteiger partial charge is 0.236 e. The van der Waals surface area contributed by atoms with Crippen molar-refractivity contribution < 1.29 is 9.21 Å². The van der Waals surface area contributed by atoms with Gasteiger partial charge in [0.15, 0.2) is 0 Å². The van der Waals surface area contributed by atoms with Gasteiger partial charge in [0.25, 0.3) is 0 Å². The first kappa shape index (κ1) is 12.8. The number of hydrogen-bond donors (Lipinski definition) is 1. The van der Waals surface area contributed by atoms with Gasteiger partial charge in [-0.1, -0.05) is 0 Å². The standard InChI is InChI=1S/C12H20N2O2/c1-9(2)14(4)12(15)8-13-10(3)11-6-5-7-16-11/h5-7,9-10,13H,8H2,1-4H3/t10-/m0/s1. The molecule has 16 heavy (non-hydrogen) atoms. The van der Waals surface area contributed by atoms with Gasteiger partial charge >= 0.3 is 0 Å². The lowest BCUT2D eigenvalue weighted by molar-refractivity contribution is -0.130. The van der Waals surface area contributed by atoms with Crippen LogP contribution in [0, 0.1) is 0 Å². The van der Waals surface area contributed by atoms with E-state index in [2.05, 4.69) is 5.32 Å². The van der Waals surface area contributed by atoms with E-state index in [1.54, 1.807) is 11.2 Å². The number of nitrogens with one attached hydrogen (secondary N) is 1. The highest BCUT2D eigenvalue weighted by atomic mass is 16.3. The molecule has 4 nitrogen and oxygen atoms in total. The van der Waals surface area contributed by atoms with Gasteiger partial charge in [-0.2, -0.15) is 0 Å². The van der Waals surface area contributed by atoms with Crippen LogP contribution >= 0.6 is 0 Å². The normalized spacial score (nSPS) is 12.8. The molecular formula is C12H20N2O2. The van der Waals surface area contributed by atoms with E-state index in [4.69, 9.17) is 4.42 Å². The first-order valence-electron chi connectivity index (χ1n) is 5.54. The second-order valence-corrected chi connectivity index (χ2v) is 4.22. The number of likely N-dealkylation sites (N-methyl/N-ethyl adjacent to an activating group) is 1. The molecule has 0 saturated carbocycles. The molecule has 0 bridgehead atoms. The molecule has 0 unspecified atom stereocenters. The van der Waals surface area contributed by atoms with Crippen LogP contribution in [0.1, 0.15) is 32.6 Å². The molecule has 1 N–H and O–H groups in total.